The van der Waals surface area contributed by atoms with E-state index in [-0.39, 0.29) is 47.3 Å². The van der Waals surface area contributed by atoms with Gasteiger partial charge in [0.05, 0.1) is 24.2 Å². The highest BCUT2D eigenvalue weighted by Gasteiger charge is 2.72. The minimum Gasteiger partial charge on any atom is -0.465 e. The van der Waals surface area contributed by atoms with Gasteiger partial charge in [0.15, 0.2) is 0 Å². The minimum atomic E-state index is -0.690. The summed E-state index contributed by atoms with van der Waals surface area (Å²) < 4.78 is 11.3. The van der Waals surface area contributed by atoms with E-state index in [1.807, 2.05) is 6.92 Å². The van der Waals surface area contributed by atoms with Gasteiger partial charge in [0.25, 0.3) is 0 Å². The van der Waals surface area contributed by atoms with E-state index >= 15 is 0 Å². The summed E-state index contributed by atoms with van der Waals surface area (Å²) in [6, 6.07) is 0. The van der Waals surface area contributed by atoms with Crippen molar-refractivity contribution in [3.05, 3.63) is 12.2 Å². The molecule has 0 aromatic carbocycles. The molecule has 4 aliphatic carbocycles. The topological polar surface area (TPSA) is 93.1 Å². The fourth-order valence-electron chi connectivity index (χ4n) is 7.89. The van der Waals surface area contributed by atoms with Gasteiger partial charge >= 0.3 is 11.9 Å². The number of fused-ring (bicyclic) bond motifs is 3. The molecule has 0 aromatic heterocycles. The SMILES string of the molecule is CC(=O)OC[C@]1(C)[C@H]2C[C@H](O)[C@@]34C=C[C@@](C)(CC[C@H]3[C@]2(C)CC[C@H]1O)[C@@H]4OC(C)=O. The van der Waals surface area contributed by atoms with Crippen molar-refractivity contribution in [2.24, 2.45) is 33.5 Å². The van der Waals surface area contributed by atoms with Crippen molar-refractivity contribution in [2.75, 3.05) is 6.61 Å². The van der Waals surface area contributed by atoms with E-state index in [0.717, 1.165) is 19.3 Å². The summed E-state index contributed by atoms with van der Waals surface area (Å²) in [6.07, 6.45) is 6.43. The highest BCUT2D eigenvalue weighted by molar-refractivity contribution is 5.67. The van der Waals surface area contributed by atoms with Crippen molar-refractivity contribution >= 4 is 11.9 Å². The maximum absolute atomic E-state index is 12.0. The van der Waals surface area contributed by atoms with Crippen molar-refractivity contribution in [3.8, 4) is 0 Å². The number of rotatable bonds is 3. The van der Waals surface area contributed by atoms with Crippen LogP contribution in [0.4, 0.5) is 0 Å². The first-order valence-electron chi connectivity index (χ1n) is 11.3. The molecule has 2 N–H and O–H groups in total. The van der Waals surface area contributed by atoms with E-state index in [1.54, 1.807) is 0 Å². The second-order valence-corrected chi connectivity index (χ2v) is 11.1. The smallest absolute Gasteiger partial charge is 0.302 e. The van der Waals surface area contributed by atoms with Gasteiger partial charge in [-0.25, -0.2) is 0 Å². The molecule has 4 rings (SSSR count). The highest BCUT2D eigenvalue weighted by Crippen LogP contribution is 2.72. The van der Waals surface area contributed by atoms with E-state index in [1.165, 1.54) is 13.8 Å². The third-order valence-electron chi connectivity index (χ3n) is 9.39. The Morgan fingerprint density at radius 2 is 1.67 bits per heavy atom. The summed E-state index contributed by atoms with van der Waals surface area (Å²) in [6.45, 7) is 9.37. The first-order chi connectivity index (χ1) is 13.9. The van der Waals surface area contributed by atoms with Crippen LogP contribution >= 0.6 is 0 Å². The summed E-state index contributed by atoms with van der Waals surface area (Å²) in [5, 5.41) is 22.6. The lowest BCUT2D eigenvalue weighted by Gasteiger charge is -2.67. The first kappa shape index (κ1) is 21.8. The molecule has 0 aliphatic heterocycles. The monoisotopic (exact) mass is 420 g/mol. The molecule has 168 valence electrons. The van der Waals surface area contributed by atoms with E-state index in [4.69, 9.17) is 9.47 Å². The van der Waals surface area contributed by atoms with Crippen molar-refractivity contribution in [2.45, 2.75) is 85.0 Å². The maximum atomic E-state index is 12.0. The normalized spacial score (nSPS) is 51.6. The minimum absolute atomic E-state index is 0.00457. The molecule has 4 aliphatic rings. The third kappa shape index (κ3) is 2.75. The predicted octanol–water partition coefficient (Wildman–Crippen LogP) is 3.00. The van der Waals surface area contributed by atoms with Gasteiger partial charge in [-0.1, -0.05) is 32.9 Å². The highest BCUT2D eigenvalue weighted by atomic mass is 16.5. The summed E-state index contributed by atoms with van der Waals surface area (Å²) in [5.74, 6) is -0.548. The van der Waals surface area contributed by atoms with E-state index in [0.29, 0.717) is 12.8 Å². The quantitative estimate of drug-likeness (QED) is 0.539. The molecule has 0 amide bonds. The summed E-state index contributed by atoms with van der Waals surface area (Å²) in [4.78, 5) is 23.5. The third-order valence-corrected chi connectivity index (χ3v) is 9.39. The molecular formula is C24H36O6. The van der Waals surface area contributed by atoms with E-state index < -0.39 is 23.0 Å². The zero-order chi connectivity index (χ0) is 22.1. The average molecular weight is 421 g/mol. The Morgan fingerprint density at radius 1 is 0.967 bits per heavy atom. The molecule has 0 heterocycles. The van der Waals surface area contributed by atoms with Crippen LogP contribution in [0, 0.1) is 33.5 Å². The molecule has 6 heteroatoms. The second-order valence-electron chi connectivity index (χ2n) is 11.1. The van der Waals surface area contributed by atoms with Gasteiger partial charge in [0.1, 0.15) is 6.10 Å². The lowest BCUT2D eigenvalue weighted by molar-refractivity contribution is -0.256. The van der Waals surface area contributed by atoms with Gasteiger partial charge in [-0.2, -0.15) is 0 Å². The number of carbonyl (C=O) groups is 2. The number of carbonyl (C=O) groups excluding carboxylic acids is 2. The lowest BCUT2D eigenvalue weighted by atomic mass is 9.38. The number of hydrogen-bond donors (Lipinski definition) is 2. The Hall–Kier alpha value is -1.40. The largest absolute Gasteiger partial charge is 0.465 e. The Morgan fingerprint density at radius 3 is 2.30 bits per heavy atom. The Bertz CT molecular complexity index is 778. The van der Waals surface area contributed by atoms with Crippen molar-refractivity contribution < 1.29 is 29.3 Å². The number of ether oxygens (including phenoxy) is 2. The Labute approximate surface area is 179 Å². The van der Waals surface area contributed by atoms with E-state index in [2.05, 4.69) is 26.0 Å². The van der Waals surface area contributed by atoms with Crippen LogP contribution in [0.1, 0.15) is 66.7 Å². The molecule has 0 unspecified atom stereocenters. The van der Waals surface area contributed by atoms with Crippen molar-refractivity contribution in [3.63, 3.8) is 0 Å². The summed E-state index contributed by atoms with van der Waals surface area (Å²) in [7, 11) is 0. The Balaban J connectivity index is 1.77. The van der Waals surface area contributed by atoms with Crippen LogP contribution in [0.3, 0.4) is 0 Å². The van der Waals surface area contributed by atoms with Crippen molar-refractivity contribution in [1.82, 2.24) is 0 Å². The van der Waals surface area contributed by atoms with Crippen molar-refractivity contribution in [1.29, 1.82) is 0 Å². The van der Waals surface area contributed by atoms with Crippen LogP contribution in [-0.4, -0.2) is 47.1 Å². The van der Waals surface area contributed by atoms with Gasteiger partial charge in [0, 0.05) is 24.7 Å². The average Bonchev–Trinajstić information content (AvgIpc) is 2.83. The van der Waals surface area contributed by atoms with Crippen LogP contribution < -0.4 is 0 Å². The van der Waals surface area contributed by atoms with Crippen LogP contribution in [-0.2, 0) is 19.1 Å². The van der Waals surface area contributed by atoms with Gasteiger partial charge in [0.2, 0.25) is 0 Å². The van der Waals surface area contributed by atoms with Crippen LogP contribution in [0.25, 0.3) is 0 Å². The second kappa shape index (κ2) is 6.80. The zero-order valence-electron chi connectivity index (χ0n) is 18.8. The van der Waals surface area contributed by atoms with Crippen LogP contribution in [0.5, 0.6) is 0 Å². The zero-order valence-corrected chi connectivity index (χ0v) is 18.8. The van der Waals surface area contributed by atoms with Crippen LogP contribution in [0.2, 0.25) is 0 Å². The summed E-state index contributed by atoms with van der Waals surface area (Å²) in [5.41, 5.74) is -1.65. The van der Waals surface area contributed by atoms with Gasteiger partial charge in [-0.15, -0.1) is 0 Å². The molecular weight excluding hydrogens is 384 g/mol. The molecule has 0 radical (unpaired) electrons. The fraction of sp³-hybridized carbons (Fsp3) is 0.833. The molecule has 9 atom stereocenters. The molecule has 0 saturated heterocycles. The maximum Gasteiger partial charge on any atom is 0.302 e. The molecule has 0 aromatic rings. The van der Waals surface area contributed by atoms with Gasteiger partial charge in [-0.05, 0) is 49.4 Å². The lowest BCUT2D eigenvalue weighted by Crippen LogP contribution is -2.69. The summed E-state index contributed by atoms with van der Waals surface area (Å²) >= 11 is 0. The first-order valence-corrected chi connectivity index (χ1v) is 11.3. The number of aliphatic hydroxyl groups excluding tert-OH is 2. The molecule has 3 saturated carbocycles. The molecule has 30 heavy (non-hydrogen) atoms. The number of esters is 2. The molecule has 1 spiro atoms. The molecule has 6 nitrogen and oxygen atoms in total. The van der Waals surface area contributed by atoms with Crippen LogP contribution in [0.15, 0.2) is 12.2 Å². The Kier molecular flexibility index (Phi) is 4.94. The van der Waals surface area contributed by atoms with Gasteiger partial charge in [-0.3, -0.25) is 9.59 Å². The van der Waals surface area contributed by atoms with Gasteiger partial charge < -0.3 is 19.7 Å². The van der Waals surface area contributed by atoms with E-state index in [9.17, 15) is 19.8 Å². The molecule has 3 fully saturated rings. The number of aliphatic hydroxyl groups is 2. The standard InChI is InChI=1S/C24H36O6/c1-14(25)29-13-23(5)17-12-19(28)24-11-10-21(3,20(24)30-15(2)26)8-6-16(24)22(17,4)9-7-18(23)27/h10-11,16-20,27-28H,6-9,12-13H2,1-5H3/t16-,17-,18+,19-,20-,21+,22-,23+,24+/m0/s1. The predicted molar refractivity (Wildman–Crippen MR) is 110 cm³/mol. The molecule has 2 bridgehead atoms. The number of hydrogen-bond acceptors (Lipinski definition) is 6. The fourth-order valence-corrected chi connectivity index (χ4v) is 7.89.